The predicted octanol–water partition coefficient (Wildman–Crippen LogP) is 5.04. The summed E-state index contributed by atoms with van der Waals surface area (Å²) < 4.78 is 11.0. The quantitative estimate of drug-likeness (QED) is 0.392. The standard InChI is InChI=1S/C26H26N4O4S/c1-14-11-19(16(3)35-14)22-12-20(23-15(2)30-34-26(23)29-22)25(32)28-21-9-5-4-8-18(21)24(31)27-13-17-7-6-10-33-17/h4-5,8-9,11-12,17H,6-7,10,13H2,1-3H3,(H,27,31)(H,28,32). The molecule has 5 rings (SSSR count). The fourth-order valence-electron chi connectivity index (χ4n) is 4.38. The van der Waals surface area contributed by atoms with Crippen molar-refractivity contribution in [1.82, 2.24) is 15.5 Å². The van der Waals surface area contributed by atoms with Crippen LogP contribution in [0.4, 0.5) is 5.69 Å². The van der Waals surface area contributed by atoms with Crippen molar-refractivity contribution in [3.8, 4) is 11.3 Å². The second-order valence-electron chi connectivity index (χ2n) is 8.67. The number of carbonyl (C=O) groups excluding carboxylic acids is 2. The molecule has 1 saturated heterocycles. The van der Waals surface area contributed by atoms with Crippen LogP contribution in [0.3, 0.4) is 0 Å². The fourth-order valence-corrected chi connectivity index (χ4v) is 5.32. The van der Waals surface area contributed by atoms with Gasteiger partial charge in [0.05, 0.1) is 39.7 Å². The molecule has 0 aliphatic carbocycles. The molecule has 9 heteroatoms. The summed E-state index contributed by atoms with van der Waals surface area (Å²) in [6, 6.07) is 10.8. The molecule has 8 nitrogen and oxygen atoms in total. The molecule has 3 aromatic heterocycles. The van der Waals surface area contributed by atoms with Crippen molar-refractivity contribution in [3.05, 3.63) is 63.0 Å². The Morgan fingerprint density at radius 3 is 2.69 bits per heavy atom. The third kappa shape index (κ3) is 4.69. The van der Waals surface area contributed by atoms with Crippen molar-refractivity contribution in [2.75, 3.05) is 18.5 Å². The Morgan fingerprint density at radius 2 is 1.94 bits per heavy atom. The third-order valence-electron chi connectivity index (χ3n) is 6.11. The Labute approximate surface area is 206 Å². The van der Waals surface area contributed by atoms with Gasteiger partial charge < -0.3 is 19.9 Å². The average Bonchev–Trinajstić information content (AvgIpc) is 3.58. The summed E-state index contributed by atoms with van der Waals surface area (Å²) in [5, 5.41) is 10.4. The van der Waals surface area contributed by atoms with E-state index in [0.717, 1.165) is 34.8 Å². The van der Waals surface area contributed by atoms with Gasteiger partial charge in [-0.1, -0.05) is 17.3 Å². The Kier molecular flexibility index (Phi) is 6.36. The number of nitrogens with one attached hydrogen (secondary N) is 2. The number of anilines is 1. The van der Waals surface area contributed by atoms with Gasteiger partial charge in [-0.2, -0.15) is 0 Å². The highest BCUT2D eigenvalue weighted by Crippen LogP contribution is 2.33. The molecule has 1 aliphatic rings. The van der Waals surface area contributed by atoms with Gasteiger partial charge in [0, 0.05) is 28.5 Å². The van der Waals surface area contributed by atoms with Crippen LogP contribution in [0, 0.1) is 20.8 Å². The van der Waals surface area contributed by atoms with E-state index in [4.69, 9.17) is 9.26 Å². The van der Waals surface area contributed by atoms with Crippen molar-refractivity contribution >= 4 is 39.9 Å². The van der Waals surface area contributed by atoms with Crippen molar-refractivity contribution in [2.45, 2.75) is 39.7 Å². The van der Waals surface area contributed by atoms with Gasteiger partial charge in [-0.15, -0.1) is 11.3 Å². The van der Waals surface area contributed by atoms with E-state index >= 15 is 0 Å². The molecular weight excluding hydrogens is 464 g/mol. The molecule has 0 saturated carbocycles. The summed E-state index contributed by atoms with van der Waals surface area (Å²) in [5.41, 5.74) is 3.67. The van der Waals surface area contributed by atoms with E-state index in [9.17, 15) is 9.59 Å². The molecule has 1 unspecified atom stereocenters. The summed E-state index contributed by atoms with van der Waals surface area (Å²) >= 11 is 1.67. The Hall–Kier alpha value is -3.56. The van der Waals surface area contributed by atoms with Gasteiger partial charge in [-0.25, -0.2) is 4.98 Å². The molecule has 4 aromatic rings. The summed E-state index contributed by atoms with van der Waals surface area (Å²) in [4.78, 5) is 33.3. The van der Waals surface area contributed by atoms with Gasteiger partial charge in [-0.05, 0) is 57.9 Å². The predicted molar refractivity (Wildman–Crippen MR) is 135 cm³/mol. The first-order chi connectivity index (χ1) is 16.9. The van der Waals surface area contributed by atoms with E-state index in [1.807, 2.05) is 19.9 Å². The zero-order valence-corrected chi connectivity index (χ0v) is 20.6. The number of rotatable bonds is 6. The van der Waals surface area contributed by atoms with Gasteiger partial charge >= 0.3 is 0 Å². The molecule has 0 radical (unpaired) electrons. The number of aromatic nitrogens is 2. The zero-order valence-electron chi connectivity index (χ0n) is 19.8. The summed E-state index contributed by atoms with van der Waals surface area (Å²) in [5.74, 6) is -0.628. The maximum Gasteiger partial charge on any atom is 0.259 e. The first-order valence-corrected chi connectivity index (χ1v) is 12.4. The Bertz CT molecular complexity index is 1420. The zero-order chi connectivity index (χ0) is 24.5. The second kappa shape index (κ2) is 9.59. The topological polar surface area (TPSA) is 106 Å². The van der Waals surface area contributed by atoms with Gasteiger partial charge in [0.15, 0.2) is 0 Å². The molecule has 0 spiro atoms. The van der Waals surface area contributed by atoms with Gasteiger partial charge in [-0.3, -0.25) is 9.59 Å². The summed E-state index contributed by atoms with van der Waals surface area (Å²) in [7, 11) is 0. The van der Waals surface area contributed by atoms with E-state index in [1.54, 1.807) is 48.6 Å². The lowest BCUT2D eigenvalue weighted by Crippen LogP contribution is -2.32. The van der Waals surface area contributed by atoms with Crippen molar-refractivity contribution in [3.63, 3.8) is 0 Å². The first-order valence-electron chi connectivity index (χ1n) is 11.6. The number of thiophene rings is 1. The molecule has 4 heterocycles. The number of pyridine rings is 1. The molecule has 1 fully saturated rings. The normalized spacial score (nSPS) is 15.5. The fraction of sp³-hybridized carbons (Fsp3) is 0.308. The van der Waals surface area contributed by atoms with Crippen LogP contribution in [0.5, 0.6) is 0 Å². The maximum atomic E-state index is 13.5. The lowest BCUT2D eigenvalue weighted by atomic mass is 10.0. The van der Waals surface area contributed by atoms with Crippen LogP contribution >= 0.6 is 11.3 Å². The van der Waals surface area contributed by atoms with E-state index in [0.29, 0.717) is 45.8 Å². The molecule has 1 aliphatic heterocycles. The van der Waals surface area contributed by atoms with Crippen molar-refractivity contribution < 1.29 is 18.8 Å². The Morgan fingerprint density at radius 1 is 1.11 bits per heavy atom. The molecular formula is C26H26N4O4S. The van der Waals surface area contributed by atoms with Gasteiger partial charge in [0.2, 0.25) is 0 Å². The summed E-state index contributed by atoms with van der Waals surface area (Å²) in [6.45, 7) is 7.00. The van der Waals surface area contributed by atoms with Crippen molar-refractivity contribution in [2.24, 2.45) is 0 Å². The number of amides is 2. The number of carbonyl (C=O) groups is 2. The molecule has 2 N–H and O–H groups in total. The summed E-state index contributed by atoms with van der Waals surface area (Å²) in [6.07, 6.45) is 1.97. The minimum Gasteiger partial charge on any atom is -0.376 e. The first kappa shape index (κ1) is 23.2. The van der Waals surface area contributed by atoms with E-state index in [1.165, 1.54) is 0 Å². The number of benzene rings is 1. The number of para-hydroxylation sites is 1. The number of ether oxygens (including phenoxy) is 1. The van der Waals surface area contributed by atoms with Crippen LogP contribution in [-0.4, -0.2) is 41.2 Å². The minimum atomic E-state index is -0.367. The van der Waals surface area contributed by atoms with Crippen LogP contribution in [0.25, 0.3) is 22.4 Å². The van der Waals surface area contributed by atoms with Gasteiger partial charge in [0.25, 0.3) is 17.5 Å². The van der Waals surface area contributed by atoms with E-state index in [2.05, 4.69) is 20.8 Å². The van der Waals surface area contributed by atoms with Crippen molar-refractivity contribution in [1.29, 1.82) is 0 Å². The number of fused-ring (bicyclic) bond motifs is 1. The molecule has 180 valence electrons. The van der Waals surface area contributed by atoms with Crippen LogP contribution in [0.1, 0.15) is 49.0 Å². The highest BCUT2D eigenvalue weighted by Gasteiger charge is 2.23. The number of nitrogens with zero attached hydrogens (tertiary/aromatic N) is 2. The lowest BCUT2D eigenvalue weighted by molar-refractivity contribution is 0.0858. The second-order valence-corrected chi connectivity index (χ2v) is 10.1. The minimum absolute atomic E-state index is 0.0324. The third-order valence-corrected chi connectivity index (χ3v) is 7.08. The molecule has 35 heavy (non-hydrogen) atoms. The molecule has 1 atom stereocenters. The average molecular weight is 491 g/mol. The highest BCUT2D eigenvalue weighted by molar-refractivity contribution is 7.12. The lowest BCUT2D eigenvalue weighted by Gasteiger charge is -2.14. The van der Waals surface area contributed by atoms with E-state index in [-0.39, 0.29) is 17.9 Å². The molecule has 1 aromatic carbocycles. The van der Waals surface area contributed by atoms with Crippen LogP contribution in [-0.2, 0) is 4.74 Å². The van der Waals surface area contributed by atoms with E-state index < -0.39 is 0 Å². The van der Waals surface area contributed by atoms with Gasteiger partial charge in [0.1, 0.15) is 0 Å². The maximum absolute atomic E-state index is 13.5. The number of hydrogen-bond donors (Lipinski definition) is 2. The SMILES string of the molecule is Cc1cc(-c2cc(C(=O)Nc3ccccc3C(=O)NCC3CCCO3)c3c(C)noc3n2)c(C)s1. The van der Waals surface area contributed by atoms with Crippen LogP contribution in [0.2, 0.25) is 0 Å². The van der Waals surface area contributed by atoms with Crippen LogP contribution < -0.4 is 10.6 Å². The smallest absolute Gasteiger partial charge is 0.259 e. The molecule has 2 amide bonds. The number of hydrogen-bond acceptors (Lipinski definition) is 7. The Balaban J connectivity index is 1.46. The molecule has 0 bridgehead atoms. The van der Waals surface area contributed by atoms with Crippen LogP contribution in [0.15, 0.2) is 40.9 Å². The highest BCUT2D eigenvalue weighted by atomic mass is 32.1. The number of aryl methyl sites for hydroxylation is 3. The largest absolute Gasteiger partial charge is 0.376 e. The monoisotopic (exact) mass is 490 g/mol.